The molecule has 0 heterocycles. The molecule has 2 saturated carbocycles. The van der Waals surface area contributed by atoms with Crippen molar-refractivity contribution in [3.05, 3.63) is 46.4 Å². The third-order valence-electron chi connectivity index (χ3n) is 7.01. The summed E-state index contributed by atoms with van der Waals surface area (Å²) in [5.74, 6) is -8.00. The molecule has 0 spiro atoms. The SMILES string of the molecule is CN(C)[C@@H]1C(=O)/C(=C(\N)O)C(=O)[C@@]2(O)C(=O)C3=C(O)c4c(O)cccc4[C@@](C)(O)[C@H]3C[C@@H]12.[Cl-].[H+]. The number of nitrogens with two attached hydrogens (primary N) is 1. The van der Waals surface area contributed by atoms with Gasteiger partial charge < -0.3 is 43.7 Å². The molecule has 11 heteroatoms. The molecule has 0 saturated heterocycles. The van der Waals surface area contributed by atoms with Crippen LogP contribution in [0.25, 0.3) is 5.76 Å². The zero-order valence-electron chi connectivity index (χ0n) is 19.0. The average Bonchev–Trinajstić information content (AvgIpc) is 2.68. The topological polar surface area (TPSA) is 182 Å². The lowest BCUT2D eigenvalue weighted by Gasteiger charge is -2.53. The Morgan fingerprint density at radius 3 is 2.30 bits per heavy atom. The quantitative estimate of drug-likeness (QED) is 0.103. The number of rotatable bonds is 1. The molecule has 0 amide bonds. The van der Waals surface area contributed by atoms with Gasteiger partial charge in [-0.2, -0.15) is 0 Å². The molecule has 0 aromatic heterocycles. The first kappa shape index (κ1) is 24.7. The predicted molar refractivity (Wildman–Crippen MR) is 111 cm³/mol. The van der Waals surface area contributed by atoms with E-state index in [0.717, 1.165) is 0 Å². The molecule has 4 rings (SSSR count). The van der Waals surface area contributed by atoms with E-state index in [1.807, 2.05) is 0 Å². The minimum absolute atomic E-state index is 0. The zero-order valence-corrected chi connectivity index (χ0v) is 18.8. The number of benzene rings is 1. The lowest BCUT2D eigenvalue weighted by Crippen LogP contribution is -3.00. The van der Waals surface area contributed by atoms with Crippen molar-refractivity contribution in [3.8, 4) is 5.75 Å². The molecule has 0 aliphatic heterocycles. The van der Waals surface area contributed by atoms with Gasteiger partial charge in [-0.25, -0.2) is 0 Å². The van der Waals surface area contributed by atoms with Gasteiger partial charge in [0.15, 0.2) is 17.3 Å². The van der Waals surface area contributed by atoms with Gasteiger partial charge in [0.05, 0.1) is 17.2 Å². The number of nitrogens with zero attached hydrogens (tertiary/aromatic N) is 1. The number of Topliss-reactive ketones (excluding diaryl/α,β-unsaturated/α-hetero) is 3. The monoisotopic (exact) mass is 480 g/mol. The second-order valence-corrected chi connectivity index (χ2v) is 8.96. The van der Waals surface area contributed by atoms with Crippen LogP contribution in [0.3, 0.4) is 0 Å². The Morgan fingerprint density at radius 1 is 1.15 bits per heavy atom. The van der Waals surface area contributed by atoms with Gasteiger partial charge in [0, 0.05) is 17.4 Å². The normalized spacial score (nSPS) is 35.0. The van der Waals surface area contributed by atoms with Gasteiger partial charge in [-0.05, 0) is 39.1 Å². The molecule has 5 atom stereocenters. The molecule has 1 aromatic rings. The number of carbonyl (C=O) groups excluding carboxylic acids is 3. The number of halogens is 1. The molecular weight excluding hydrogens is 456 g/mol. The Morgan fingerprint density at radius 2 is 1.76 bits per heavy atom. The van der Waals surface area contributed by atoms with Crippen LogP contribution in [-0.4, -0.2) is 73.5 Å². The van der Waals surface area contributed by atoms with Crippen LogP contribution in [0.2, 0.25) is 0 Å². The predicted octanol–water partition coefficient (Wildman–Crippen LogP) is -3.25. The summed E-state index contributed by atoms with van der Waals surface area (Å²) in [6.45, 7) is 1.40. The summed E-state index contributed by atoms with van der Waals surface area (Å²) in [4.78, 5) is 41.2. The van der Waals surface area contributed by atoms with Crippen molar-refractivity contribution in [1.29, 1.82) is 0 Å². The Hall–Kier alpha value is -2.92. The molecule has 0 bridgehead atoms. The lowest BCUT2D eigenvalue weighted by atomic mass is 9.53. The maximum absolute atomic E-state index is 13.6. The largest absolute Gasteiger partial charge is 1.00 e. The summed E-state index contributed by atoms with van der Waals surface area (Å²) in [7, 11) is 3.01. The smallest absolute Gasteiger partial charge is 1.00 e. The molecule has 10 nitrogen and oxygen atoms in total. The van der Waals surface area contributed by atoms with Crippen molar-refractivity contribution >= 4 is 23.1 Å². The number of hydrogen-bond acceptors (Lipinski definition) is 10. The van der Waals surface area contributed by atoms with Gasteiger partial charge in [-0.15, -0.1) is 0 Å². The number of hydrogen-bond donors (Lipinski definition) is 6. The van der Waals surface area contributed by atoms with E-state index >= 15 is 0 Å². The number of phenolic OH excluding ortho intramolecular Hbond substituents is 1. The highest BCUT2D eigenvalue weighted by Crippen LogP contribution is 2.56. The van der Waals surface area contributed by atoms with Gasteiger partial charge >= 0.3 is 1.43 Å². The lowest BCUT2D eigenvalue weighted by molar-refractivity contribution is -0.169. The second-order valence-electron chi connectivity index (χ2n) is 8.96. The van der Waals surface area contributed by atoms with E-state index in [1.165, 1.54) is 44.1 Å². The minimum atomic E-state index is -2.82. The minimum Gasteiger partial charge on any atom is -1.00 e. The van der Waals surface area contributed by atoms with Gasteiger partial charge in [0.25, 0.3) is 0 Å². The maximum atomic E-state index is 13.6. The van der Waals surface area contributed by atoms with E-state index in [0.29, 0.717) is 0 Å². The van der Waals surface area contributed by atoms with Crippen LogP contribution in [0.1, 0.15) is 25.9 Å². The molecular formula is C22H25ClN2O8. The fraction of sp³-hybridized carbons (Fsp3) is 0.409. The first-order valence-electron chi connectivity index (χ1n) is 9.97. The van der Waals surface area contributed by atoms with E-state index in [2.05, 4.69) is 0 Å². The Balaban J connectivity index is 0.00000204. The van der Waals surface area contributed by atoms with Gasteiger partial charge in [0.2, 0.25) is 11.6 Å². The van der Waals surface area contributed by atoms with Crippen LogP contribution in [0, 0.1) is 11.8 Å². The van der Waals surface area contributed by atoms with Crippen LogP contribution in [0.4, 0.5) is 0 Å². The second kappa shape index (κ2) is 7.56. The standard InChI is InChI=1S/C22H24N2O8.ClH/c1-21(31)8-5-4-6-11(25)12(8)16(26)13-9(21)7-10-15(24(2)3)17(27)14(20(23)30)19(29)22(10,32)18(13)28;/h4-6,9-10,15,25-26,30-32H,7,23H2,1-3H3;1H/b20-14-;/t9-,10-,15-,21+,22-;/m0./s1. The fourth-order valence-corrected chi connectivity index (χ4v) is 5.49. The highest BCUT2D eigenvalue weighted by Gasteiger charge is 2.68. The van der Waals surface area contributed by atoms with Crippen molar-refractivity contribution in [2.45, 2.75) is 30.6 Å². The fourth-order valence-electron chi connectivity index (χ4n) is 5.49. The highest BCUT2D eigenvalue weighted by atomic mass is 35.5. The summed E-state index contributed by atoms with van der Waals surface area (Å²) in [6, 6.07) is 3.00. The third kappa shape index (κ3) is 2.95. The molecule has 3 aliphatic rings. The van der Waals surface area contributed by atoms with Crippen molar-refractivity contribution in [3.63, 3.8) is 0 Å². The Bertz CT molecular complexity index is 1160. The number of likely N-dealkylation sites (N-methyl/N-ethyl adjacent to an activating group) is 1. The number of carbonyl (C=O) groups is 3. The van der Waals surface area contributed by atoms with Gasteiger partial charge in [0.1, 0.15) is 17.1 Å². The van der Waals surface area contributed by atoms with E-state index < -0.39 is 75.0 Å². The first-order chi connectivity index (χ1) is 14.8. The van der Waals surface area contributed by atoms with E-state index in [1.54, 1.807) is 0 Å². The van der Waals surface area contributed by atoms with Crippen molar-refractivity contribution in [2.75, 3.05) is 14.1 Å². The van der Waals surface area contributed by atoms with E-state index in [9.17, 15) is 39.9 Å². The molecule has 178 valence electrons. The van der Waals surface area contributed by atoms with Gasteiger partial charge in [-0.1, -0.05) is 12.1 Å². The summed E-state index contributed by atoms with van der Waals surface area (Å²) in [5.41, 5.74) is -0.589. The summed E-state index contributed by atoms with van der Waals surface area (Å²) < 4.78 is 0. The third-order valence-corrected chi connectivity index (χ3v) is 7.01. The van der Waals surface area contributed by atoms with Crippen molar-refractivity contribution in [1.82, 2.24) is 4.90 Å². The average molecular weight is 481 g/mol. The van der Waals surface area contributed by atoms with Crippen molar-refractivity contribution in [2.24, 2.45) is 17.6 Å². The molecule has 2 fully saturated rings. The Labute approximate surface area is 196 Å². The Kier molecular flexibility index (Phi) is 5.66. The van der Waals surface area contributed by atoms with Crippen molar-refractivity contribution < 1.29 is 53.7 Å². The number of ketones is 3. The highest BCUT2D eigenvalue weighted by molar-refractivity contribution is 6.35. The van der Waals surface area contributed by atoms with Crippen LogP contribution in [0.5, 0.6) is 5.75 Å². The summed E-state index contributed by atoms with van der Waals surface area (Å²) in [6.07, 6.45) is -0.220. The maximum Gasteiger partial charge on any atom is 1.00 e. The summed E-state index contributed by atoms with van der Waals surface area (Å²) >= 11 is 0. The molecule has 0 unspecified atom stereocenters. The number of aliphatic hydroxyl groups is 4. The van der Waals surface area contributed by atoms with Crippen LogP contribution in [-0.2, 0) is 20.0 Å². The number of aromatic hydroxyl groups is 1. The molecule has 0 radical (unpaired) electrons. The van der Waals surface area contributed by atoms with Crippen LogP contribution >= 0.6 is 0 Å². The zero-order chi connectivity index (χ0) is 23.9. The van der Waals surface area contributed by atoms with Crippen LogP contribution < -0.4 is 18.1 Å². The van der Waals surface area contributed by atoms with E-state index in [-0.39, 0.29) is 31.4 Å². The number of fused-ring (bicyclic) bond motifs is 3. The number of phenols is 1. The van der Waals surface area contributed by atoms with Crippen LogP contribution in [0.15, 0.2) is 35.2 Å². The molecule has 33 heavy (non-hydrogen) atoms. The number of aliphatic hydroxyl groups excluding tert-OH is 2. The van der Waals surface area contributed by atoms with E-state index in [4.69, 9.17) is 5.73 Å². The summed E-state index contributed by atoms with van der Waals surface area (Å²) in [5, 5.41) is 53.9. The molecule has 7 N–H and O–H groups in total. The first-order valence-corrected chi connectivity index (χ1v) is 9.97. The molecule has 3 aliphatic carbocycles. The molecule has 1 aromatic carbocycles. The van der Waals surface area contributed by atoms with Gasteiger partial charge in [-0.3, -0.25) is 19.3 Å².